The molecule has 2 aromatic carbocycles. The van der Waals surface area contributed by atoms with Gasteiger partial charge < -0.3 is 10.1 Å². The summed E-state index contributed by atoms with van der Waals surface area (Å²) in [5.41, 5.74) is 2.57. The molecule has 0 saturated heterocycles. The van der Waals surface area contributed by atoms with E-state index in [1.54, 1.807) is 23.7 Å². The number of nitrogens with one attached hydrogen (secondary N) is 1. The molecule has 0 bridgehead atoms. The fourth-order valence-electron chi connectivity index (χ4n) is 3.26. The second kappa shape index (κ2) is 10.3. The van der Waals surface area contributed by atoms with E-state index in [1.807, 2.05) is 44.2 Å². The molecule has 2 aromatic heterocycles. The Labute approximate surface area is 214 Å². The minimum absolute atomic E-state index is 0.0594. The summed E-state index contributed by atoms with van der Waals surface area (Å²) in [6, 6.07) is 12.9. The largest absolute Gasteiger partial charge is 0.494 e. The number of halogens is 1. The van der Waals surface area contributed by atoms with Crippen molar-refractivity contribution in [3.05, 3.63) is 67.4 Å². The number of carbonyl (C=O) groups is 1. The van der Waals surface area contributed by atoms with E-state index in [9.17, 15) is 9.59 Å². The quantitative estimate of drug-likeness (QED) is 0.189. The first-order valence-corrected chi connectivity index (χ1v) is 12.9. The summed E-state index contributed by atoms with van der Waals surface area (Å²) in [6.45, 7) is 4.42. The molecule has 4 aromatic rings. The normalized spacial score (nSPS) is 11.1. The molecule has 4 rings (SSSR count). The number of carbonyl (C=O) groups excluding carboxylic acids is 1. The lowest BCUT2D eigenvalue weighted by molar-refractivity contribution is -0.113. The highest BCUT2D eigenvalue weighted by atomic mass is 35.5. The Kier molecular flexibility index (Phi) is 7.42. The number of thioether (sulfide) groups is 1. The third kappa shape index (κ3) is 5.05. The number of ether oxygens (including phenoxy) is 1. The number of aryl methyl sites for hydroxylation is 1. The van der Waals surface area contributed by atoms with Gasteiger partial charge in [0.1, 0.15) is 10.4 Å². The van der Waals surface area contributed by atoms with E-state index in [0.29, 0.717) is 36.8 Å². The topological polar surface area (TPSA) is 78.1 Å². The van der Waals surface area contributed by atoms with Crippen molar-refractivity contribution in [2.45, 2.75) is 19.0 Å². The van der Waals surface area contributed by atoms with E-state index in [2.05, 4.69) is 5.32 Å². The Bertz CT molecular complexity index is 1490. The predicted molar refractivity (Wildman–Crippen MR) is 142 cm³/mol. The van der Waals surface area contributed by atoms with Gasteiger partial charge in [-0.2, -0.15) is 0 Å². The highest BCUT2D eigenvalue weighted by molar-refractivity contribution is 7.99. The standard InChI is InChI=1S/C23H21ClN4O3S3/c1-4-31-15-8-6-14(7-9-15)28-20-19(34-23(28)32)21(30)27(3)22(26-20)33-12-18(29)25-17-10-5-13(2)11-16(17)24/h5-11H,4,12H2,1-3H3,(H,25,29). The van der Waals surface area contributed by atoms with Gasteiger partial charge in [0, 0.05) is 12.7 Å². The molecule has 7 nitrogen and oxygen atoms in total. The second-order valence-corrected chi connectivity index (χ2v) is 10.4. The SMILES string of the molecule is CCOc1ccc(-n2c(=S)sc3c(=O)n(C)c(SCC(=O)Nc4ccc(C)cc4Cl)nc32)cc1. The van der Waals surface area contributed by atoms with E-state index in [-0.39, 0.29) is 17.2 Å². The summed E-state index contributed by atoms with van der Waals surface area (Å²) < 4.78 is 9.68. The van der Waals surface area contributed by atoms with Gasteiger partial charge in [0.2, 0.25) is 5.91 Å². The van der Waals surface area contributed by atoms with Crippen LogP contribution >= 0.6 is 46.9 Å². The van der Waals surface area contributed by atoms with Crippen molar-refractivity contribution < 1.29 is 9.53 Å². The van der Waals surface area contributed by atoms with E-state index in [1.165, 1.54) is 27.7 Å². The van der Waals surface area contributed by atoms with Crippen LogP contribution in [0.5, 0.6) is 5.75 Å². The molecular weight excluding hydrogens is 512 g/mol. The molecule has 1 N–H and O–H groups in total. The number of anilines is 1. The van der Waals surface area contributed by atoms with Gasteiger partial charge in [-0.05, 0) is 68.0 Å². The van der Waals surface area contributed by atoms with E-state index in [0.717, 1.165) is 17.0 Å². The van der Waals surface area contributed by atoms with Crippen molar-refractivity contribution in [3.63, 3.8) is 0 Å². The van der Waals surface area contributed by atoms with Crippen LogP contribution in [0.2, 0.25) is 5.02 Å². The number of hydrogen-bond acceptors (Lipinski definition) is 7. The molecular formula is C23H21ClN4O3S3. The highest BCUT2D eigenvalue weighted by Crippen LogP contribution is 2.27. The van der Waals surface area contributed by atoms with Gasteiger partial charge in [0.05, 0.1) is 23.1 Å². The van der Waals surface area contributed by atoms with E-state index >= 15 is 0 Å². The van der Waals surface area contributed by atoms with E-state index < -0.39 is 0 Å². The summed E-state index contributed by atoms with van der Waals surface area (Å²) >= 11 is 14.1. The Balaban J connectivity index is 1.62. The molecule has 0 aliphatic heterocycles. The summed E-state index contributed by atoms with van der Waals surface area (Å²) in [4.78, 5) is 30.2. The Morgan fingerprint density at radius 2 is 2.00 bits per heavy atom. The van der Waals surface area contributed by atoms with Crippen LogP contribution in [0, 0.1) is 10.9 Å². The molecule has 34 heavy (non-hydrogen) atoms. The van der Waals surface area contributed by atoms with Crippen molar-refractivity contribution in [1.82, 2.24) is 14.1 Å². The molecule has 0 aliphatic carbocycles. The average molecular weight is 533 g/mol. The van der Waals surface area contributed by atoms with E-state index in [4.69, 9.17) is 33.5 Å². The van der Waals surface area contributed by atoms with Crippen molar-refractivity contribution in [3.8, 4) is 11.4 Å². The number of aromatic nitrogens is 3. The Morgan fingerprint density at radius 1 is 1.26 bits per heavy atom. The fraction of sp³-hybridized carbons (Fsp3) is 0.217. The molecule has 2 heterocycles. The molecule has 0 atom stereocenters. The third-order valence-corrected chi connectivity index (χ3v) is 7.60. The van der Waals surface area contributed by atoms with Crippen LogP contribution < -0.4 is 15.6 Å². The van der Waals surface area contributed by atoms with Crippen molar-refractivity contribution in [1.29, 1.82) is 0 Å². The van der Waals surface area contributed by atoms with Crippen LogP contribution in [0.15, 0.2) is 52.4 Å². The molecule has 0 saturated carbocycles. The second-order valence-electron chi connectivity index (χ2n) is 7.36. The zero-order valence-electron chi connectivity index (χ0n) is 18.6. The molecule has 0 radical (unpaired) electrons. The zero-order valence-corrected chi connectivity index (χ0v) is 21.8. The molecule has 0 fully saturated rings. The van der Waals surface area contributed by atoms with Gasteiger partial charge in [-0.3, -0.25) is 18.7 Å². The molecule has 1 amide bonds. The number of rotatable bonds is 7. The minimum atomic E-state index is -0.251. The van der Waals surface area contributed by atoms with Gasteiger partial charge in [-0.15, -0.1) is 0 Å². The maximum atomic E-state index is 13.0. The number of hydrogen-bond donors (Lipinski definition) is 1. The summed E-state index contributed by atoms with van der Waals surface area (Å²) in [5.74, 6) is 0.556. The zero-order chi connectivity index (χ0) is 24.4. The summed E-state index contributed by atoms with van der Waals surface area (Å²) in [7, 11) is 1.63. The summed E-state index contributed by atoms with van der Waals surface area (Å²) in [5, 5.41) is 3.68. The van der Waals surface area contributed by atoms with Crippen LogP contribution in [-0.2, 0) is 11.8 Å². The van der Waals surface area contributed by atoms with Gasteiger partial charge in [-0.25, -0.2) is 4.98 Å². The lowest BCUT2D eigenvalue weighted by Gasteiger charge is -2.10. The fourth-order valence-corrected chi connectivity index (χ4v) is 5.66. The summed E-state index contributed by atoms with van der Waals surface area (Å²) in [6.07, 6.45) is 0. The van der Waals surface area contributed by atoms with Crippen molar-refractivity contribution in [2.24, 2.45) is 7.05 Å². The number of benzene rings is 2. The Morgan fingerprint density at radius 3 is 2.68 bits per heavy atom. The van der Waals surface area contributed by atoms with Gasteiger partial charge in [0.15, 0.2) is 14.8 Å². The highest BCUT2D eigenvalue weighted by Gasteiger charge is 2.17. The van der Waals surface area contributed by atoms with Gasteiger partial charge in [-0.1, -0.05) is 40.8 Å². The number of fused-ring (bicyclic) bond motifs is 1. The lowest BCUT2D eigenvalue weighted by Crippen LogP contribution is -2.21. The lowest BCUT2D eigenvalue weighted by atomic mass is 10.2. The monoisotopic (exact) mass is 532 g/mol. The number of thiazole rings is 1. The minimum Gasteiger partial charge on any atom is -0.494 e. The smallest absolute Gasteiger partial charge is 0.273 e. The van der Waals surface area contributed by atoms with Crippen LogP contribution in [0.25, 0.3) is 16.0 Å². The van der Waals surface area contributed by atoms with Crippen LogP contribution in [0.1, 0.15) is 12.5 Å². The maximum Gasteiger partial charge on any atom is 0.273 e. The van der Waals surface area contributed by atoms with Gasteiger partial charge in [0.25, 0.3) is 5.56 Å². The average Bonchev–Trinajstić information content (AvgIpc) is 3.14. The maximum absolute atomic E-state index is 13.0. The van der Waals surface area contributed by atoms with Crippen LogP contribution in [-0.4, -0.2) is 32.4 Å². The molecule has 0 spiro atoms. The molecule has 11 heteroatoms. The van der Waals surface area contributed by atoms with Crippen molar-refractivity contribution >= 4 is 68.9 Å². The molecule has 0 aliphatic rings. The first-order valence-electron chi connectivity index (χ1n) is 10.3. The predicted octanol–water partition coefficient (Wildman–Crippen LogP) is 5.61. The molecule has 0 unspecified atom stereocenters. The first kappa shape index (κ1) is 24.5. The molecule has 176 valence electrons. The number of nitrogens with zero attached hydrogens (tertiary/aromatic N) is 3. The van der Waals surface area contributed by atoms with Crippen molar-refractivity contribution in [2.75, 3.05) is 17.7 Å². The van der Waals surface area contributed by atoms with Crippen LogP contribution in [0.4, 0.5) is 5.69 Å². The number of amides is 1. The third-order valence-electron chi connectivity index (χ3n) is 4.91. The van der Waals surface area contributed by atoms with Gasteiger partial charge >= 0.3 is 0 Å². The first-order chi connectivity index (χ1) is 16.3. The van der Waals surface area contributed by atoms with Crippen LogP contribution in [0.3, 0.4) is 0 Å². The Hall–Kier alpha value is -2.66.